The van der Waals surface area contributed by atoms with Gasteiger partial charge in [-0.15, -0.1) is 11.8 Å². The molecule has 1 rings (SSSR count). The van der Waals surface area contributed by atoms with E-state index in [4.69, 9.17) is 11.6 Å². The van der Waals surface area contributed by atoms with E-state index in [9.17, 15) is 14.9 Å². The van der Waals surface area contributed by atoms with Gasteiger partial charge in [0.05, 0.1) is 23.3 Å². The number of carbonyl (C=O) groups excluding carboxylic acids is 1. The summed E-state index contributed by atoms with van der Waals surface area (Å²) in [6.07, 6.45) is 0.199. The Kier molecular flexibility index (Phi) is 5.24. The number of rotatable bonds is 5. The first-order valence-corrected chi connectivity index (χ1v) is 6.05. The highest BCUT2D eigenvalue weighted by molar-refractivity contribution is 7.99. The van der Waals surface area contributed by atoms with Crippen molar-refractivity contribution in [1.29, 1.82) is 0 Å². The SMILES string of the molecule is COC(=O)CCSc1cccc(Cl)c1[N+](=O)[O-]. The lowest BCUT2D eigenvalue weighted by molar-refractivity contribution is -0.387. The van der Waals surface area contributed by atoms with Crippen molar-refractivity contribution in [3.05, 3.63) is 33.3 Å². The number of carbonyl (C=O) groups is 1. The highest BCUT2D eigenvalue weighted by Crippen LogP contribution is 2.35. The number of thioether (sulfide) groups is 1. The monoisotopic (exact) mass is 275 g/mol. The fraction of sp³-hybridized carbons (Fsp3) is 0.300. The lowest BCUT2D eigenvalue weighted by Gasteiger charge is -2.03. The summed E-state index contributed by atoms with van der Waals surface area (Å²) in [6.45, 7) is 0. The first-order chi connectivity index (χ1) is 8.06. The van der Waals surface area contributed by atoms with Crippen LogP contribution in [-0.4, -0.2) is 23.8 Å². The van der Waals surface area contributed by atoms with Crippen LogP contribution >= 0.6 is 23.4 Å². The molecule has 0 N–H and O–H groups in total. The van der Waals surface area contributed by atoms with E-state index >= 15 is 0 Å². The first kappa shape index (κ1) is 13.8. The number of hydrogen-bond donors (Lipinski definition) is 0. The van der Waals surface area contributed by atoms with Crippen molar-refractivity contribution in [1.82, 2.24) is 0 Å². The summed E-state index contributed by atoms with van der Waals surface area (Å²) in [6, 6.07) is 4.70. The molecule has 0 aliphatic heterocycles. The lowest BCUT2D eigenvalue weighted by Crippen LogP contribution is -2.01. The van der Waals surface area contributed by atoms with Crippen LogP contribution in [0.4, 0.5) is 5.69 Å². The summed E-state index contributed by atoms with van der Waals surface area (Å²) in [5.41, 5.74) is -0.121. The first-order valence-electron chi connectivity index (χ1n) is 4.68. The third-order valence-corrected chi connectivity index (χ3v) is 3.28. The average Bonchev–Trinajstić information content (AvgIpc) is 2.28. The molecule has 17 heavy (non-hydrogen) atoms. The van der Waals surface area contributed by atoms with Gasteiger partial charge in [0, 0.05) is 5.75 Å². The number of hydrogen-bond acceptors (Lipinski definition) is 5. The predicted octanol–water partition coefficient (Wildman–Crippen LogP) is 2.90. The number of benzene rings is 1. The minimum Gasteiger partial charge on any atom is -0.469 e. The van der Waals surface area contributed by atoms with Gasteiger partial charge in [0.2, 0.25) is 0 Å². The maximum absolute atomic E-state index is 10.9. The Morgan fingerprint density at radius 3 is 2.88 bits per heavy atom. The van der Waals surface area contributed by atoms with Crippen molar-refractivity contribution >= 4 is 35.0 Å². The number of para-hydroxylation sites is 1. The van der Waals surface area contributed by atoms with Gasteiger partial charge in [0.25, 0.3) is 0 Å². The topological polar surface area (TPSA) is 69.4 Å². The van der Waals surface area contributed by atoms with Gasteiger partial charge in [0.1, 0.15) is 5.02 Å². The second-order valence-electron chi connectivity index (χ2n) is 3.02. The maximum Gasteiger partial charge on any atom is 0.306 e. The number of nitrogens with zero attached hydrogens (tertiary/aromatic N) is 1. The van der Waals surface area contributed by atoms with E-state index in [0.717, 1.165) is 0 Å². The fourth-order valence-electron chi connectivity index (χ4n) is 1.14. The molecule has 0 spiro atoms. The van der Waals surface area contributed by atoms with Crippen molar-refractivity contribution in [3.63, 3.8) is 0 Å². The van der Waals surface area contributed by atoms with Crippen molar-refractivity contribution in [2.75, 3.05) is 12.9 Å². The largest absolute Gasteiger partial charge is 0.469 e. The minimum atomic E-state index is -0.525. The van der Waals surface area contributed by atoms with E-state index in [-0.39, 0.29) is 23.1 Å². The Morgan fingerprint density at radius 2 is 2.29 bits per heavy atom. The number of ether oxygens (including phenoxy) is 1. The molecule has 0 saturated carbocycles. The summed E-state index contributed by atoms with van der Waals surface area (Å²) >= 11 is 6.95. The predicted molar refractivity (Wildman–Crippen MR) is 65.5 cm³/mol. The average molecular weight is 276 g/mol. The molecule has 7 heteroatoms. The summed E-state index contributed by atoms with van der Waals surface area (Å²) < 4.78 is 4.48. The Labute approximate surface area is 107 Å². The Hall–Kier alpha value is -1.27. The van der Waals surface area contributed by atoms with Gasteiger partial charge in [-0.05, 0) is 12.1 Å². The van der Waals surface area contributed by atoms with Crippen LogP contribution < -0.4 is 0 Å². The van der Waals surface area contributed by atoms with E-state index in [1.807, 2.05) is 0 Å². The maximum atomic E-state index is 10.9. The van der Waals surface area contributed by atoms with Crippen LogP contribution in [0.25, 0.3) is 0 Å². The quantitative estimate of drug-likeness (QED) is 0.358. The molecule has 1 aromatic carbocycles. The zero-order chi connectivity index (χ0) is 12.8. The molecular formula is C10H10ClNO4S. The Morgan fingerprint density at radius 1 is 1.59 bits per heavy atom. The van der Waals surface area contributed by atoms with Gasteiger partial charge in [-0.3, -0.25) is 14.9 Å². The molecular weight excluding hydrogens is 266 g/mol. The van der Waals surface area contributed by atoms with Gasteiger partial charge in [-0.25, -0.2) is 0 Å². The van der Waals surface area contributed by atoms with E-state index in [2.05, 4.69) is 4.74 Å². The van der Waals surface area contributed by atoms with E-state index in [1.165, 1.54) is 24.9 Å². The van der Waals surface area contributed by atoms with Crippen LogP contribution in [0.3, 0.4) is 0 Å². The molecule has 0 atom stereocenters. The number of esters is 1. The minimum absolute atomic E-state index is 0.0954. The summed E-state index contributed by atoms with van der Waals surface area (Å²) in [5, 5.41) is 10.9. The van der Waals surface area contributed by atoms with Gasteiger partial charge < -0.3 is 4.74 Å². The molecule has 0 unspecified atom stereocenters. The van der Waals surface area contributed by atoms with Crippen molar-refractivity contribution in [3.8, 4) is 0 Å². The van der Waals surface area contributed by atoms with Crippen LogP contribution in [-0.2, 0) is 9.53 Å². The Bertz CT molecular complexity index is 438. The highest BCUT2D eigenvalue weighted by Gasteiger charge is 2.18. The number of methoxy groups -OCH3 is 1. The van der Waals surface area contributed by atoms with Gasteiger partial charge in [-0.1, -0.05) is 17.7 Å². The normalized spacial score (nSPS) is 10.0. The molecule has 0 aliphatic carbocycles. The van der Waals surface area contributed by atoms with Crippen LogP contribution in [0, 0.1) is 10.1 Å². The molecule has 0 bridgehead atoms. The molecule has 0 saturated heterocycles. The smallest absolute Gasteiger partial charge is 0.306 e. The van der Waals surface area contributed by atoms with Gasteiger partial charge in [0.15, 0.2) is 0 Å². The molecule has 0 aromatic heterocycles. The van der Waals surface area contributed by atoms with Crippen molar-refractivity contribution in [2.24, 2.45) is 0 Å². The zero-order valence-corrected chi connectivity index (χ0v) is 10.6. The van der Waals surface area contributed by atoms with Gasteiger partial charge >= 0.3 is 11.7 Å². The molecule has 0 amide bonds. The number of nitro benzene ring substituents is 1. The molecule has 0 heterocycles. The molecule has 0 radical (unpaired) electrons. The van der Waals surface area contributed by atoms with Crippen molar-refractivity contribution in [2.45, 2.75) is 11.3 Å². The summed E-state index contributed by atoms with van der Waals surface area (Å²) in [7, 11) is 1.30. The van der Waals surface area contributed by atoms with Crippen LogP contribution in [0.2, 0.25) is 5.02 Å². The second-order valence-corrected chi connectivity index (χ2v) is 4.56. The highest BCUT2D eigenvalue weighted by atomic mass is 35.5. The summed E-state index contributed by atoms with van der Waals surface area (Å²) in [4.78, 5) is 21.6. The lowest BCUT2D eigenvalue weighted by atomic mass is 10.3. The summed E-state index contributed by atoms with van der Waals surface area (Å²) in [5.74, 6) is 0.0654. The second kappa shape index (κ2) is 6.46. The number of halogens is 1. The van der Waals surface area contributed by atoms with Crippen molar-refractivity contribution < 1.29 is 14.5 Å². The molecule has 5 nitrogen and oxygen atoms in total. The third kappa shape index (κ3) is 3.90. The van der Waals surface area contributed by atoms with Gasteiger partial charge in [-0.2, -0.15) is 0 Å². The zero-order valence-electron chi connectivity index (χ0n) is 9.01. The van der Waals surface area contributed by atoms with E-state index < -0.39 is 4.92 Å². The van der Waals surface area contributed by atoms with Crippen LogP contribution in [0.5, 0.6) is 0 Å². The molecule has 1 aromatic rings. The standard InChI is InChI=1S/C10H10ClNO4S/c1-16-9(13)5-6-17-8-4-2-3-7(11)10(8)12(14)15/h2-4H,5-6H2,1H3. The van der Waals surface area contributed by atoms with E-state index in [1.54, 1.807) is 12.1 Å². The fourth-order valence-corrected chi connectivity index (χ4v) is 2.42. The number of nitro groups is 1. The molecule has 92 valence electrons. The third-order valence-electron chi connectivity index (χ3n) is 1.92. The van der Waals surface area contributed by atoms with E-state index in [0.29, 0.717) is 10.6 Å². The molecule has 0 fully saturated rings. The van der Waals surface area contributed by atoms with Crippen LogP contribution in [0.1, 0.15) is 6.42 Å². The van der Waals surface area contributed by atoms with Crippen LogP contribution in [0.15, 0.2) is 23.1 Å². The Balaban J connectivity index is 2.74. The molecule has 0 aliphatic rings.